The van der Waals surface area contributed by atoms with Gasteiger partial charge in [0.1, 0.15) is 5.75 Å². The number of phenols is 1. The Hall–Kier alpha value is -2.16. The average Bonchev–Trinajstić information content (AvgIpc) is 2.66. The molecule has 2 aromatic carbocycles. The van der Waals surface area contributed by atoms with E-state index in [1.54, 1.807) is 26.4 Å². The summed E-state index contributed by atoms with van der Waals surface area (Å²) in [7, 11) is 3.23. The van der Waals surface area contributed by atoms with Gasteiger partial charge in [0.15, 0.2) is 17.5 Å². The number of nitrogens with zero attached hydrogens (tertiary/aromatic N) is 1. The number of guanidine groups is 1. The molecule has 3 N–H and O–H groups in total. The van der Waals surface area contributed by atoms with Gasteiger partial charge in [-0.25, -0.2) is 0 Å². The number of aryl methyl sites for hydroxylation is 1. The lowest BCUT2D eigenvalue weighted by Crippen LogP contribution is -2.30. The van der Waals surface area contributed by atoms with Crippen molar-refractivity contribution in [3.63, 3.8) is 0 Å². The van der Waals surface area contributed by atoms with Gasteiger partial charge >= 0.3 is 0 Å². The van der Waals surface area contributed by atoms with Crippen LogP contribution in [0.3, 0.4) is 0 Å². The van der Waals surface area contributed by atoms with E-state index in [-0.39, 0.29) is 24.0 Å². The second-order valence-electron chi connectivity index (χ2n) is 5.73. The first-order valence-electron chi connectivity index (χ1n) is 8.71. The molecular weight excluding hydrogens is 457 g/mol. The van der Waals surface area contributed by atoms with Gasteiger partial charge in [0.2, 0.25) is 0 Å². The summed E-state index contributed by atoms with van der Waals surface area (Å²) in [6.07, 6.45) is 1.84. The van der Waals surface area contributed by atoms with Crippen LogP contribution in [0.5, 0.6) is 17.2 Å². The molecule has 27 heavy (non-hydrogen) atoms. The third-order valence-corrected chi connectivity index (χ3v) is 3.82. The number of hydrogen-bond acceptors (Lipinski definition) is 4. The maximum Gasteiger partial charge on any atom is 0.195 e. The van der Waals surface area contributed by atoms with Crippen molar-refractivity contribution in [1.29, 1.82) is 0 Å². The summed E-state index contributed by atoms with van der Waals surface area (Å²) in [5, 5.41) is 15.8. The molecule has 7 heteroatoms. The number of nitrogens with one attached hydrogen (secondary N) is 2. The smallest absolute Gasteiger partial charge is 0.195 e. The topological polar surface area (TPSA) is 75.1 Å². The number of anilines is 1. The van der Waals surface area contributed by atoms with Crippen molar-refractivity contribution in [2.24, 2.45) is 4.99 Å². The van der Waals surface area contributed by atoms with Crippen LogP contribution in [-0.2, 0) is 6.42 Å². The fourth-order valence-electron chi connectivity index (χ4n) is 2.49. The van der Waals surface area contributed by atoms with Crippen LogP contribution >= 0.6 is 24.0 Å². The van der Waals surface area contributed by atoms with E-state index in [1.807, 2.05) is 37.3 Å². The van der Waals surface area contributed by atoms with E-state index in [0.717, 1.165) is 31.0 Å². The molecule has 6 nitrogen and oxygen atoms in total. The van der Waals surface area contributed by atoms with Crippen LogP contribution in [0.25, 0.3) is 0 Å². The molecule has 0 aliphatic heterocycles. The third kappa shape index (κ3) is 7.54. The van der Waals surface area contributed by atoms with Crippen molar-refractivity contribution < 1.29 is 14.6 Å². The Labute approximate surface area is 178 Å². The number of benzene rings is 2. The summed E-state index contributed by atoms with van der Waals surface area (Å²) < 4.78 is 10.6. The molecule has 0 heterocycles. The van der Waals surface area contributed by atoms with Gasteiger partial charge in [-0.15, -0.1) is 24.0 Å². The molecular formula is C20H28IN3O3. The Morgan fingerprint density at radius 1 is 1.04 bits per heavy atom. The summed E-state index contributed by atoms with van der Waals surface area (Å²) >= 11 is 0. The molecule has 148 valence electrons. The SMILES string of the molecule is CCNC(=NCCCc1ccc(O)cc1)Nc1ccc(OC)c(OC)c1.I. The van der Waals surface area contributed by atoms with Gasteiger partial charge in [0.25, 0.3) is 0 Å². The first-order chi connectivity index (χ1) is 12.7. The maximum atomic E-state index is 9.32. The van der Waals surface area contributed by atoms with E-state index in [2.05, 4.69) is 15.6 Å². The number of halogens is 1. The normalized spacial score (nSPS) is 10.7. The molecule has 2 rings (SSSR count). The van der Waals surface area contributed by atoms with Crippen LogP contribution in [0.2, 0.25) is 0 Å². The lowest BCUT2D eigenvalue weighted by Gasteiger charge is -2.13. The number of aromatic hydroxyl groups is 1. The highest BCUT2D eigenvalue weighted by molar-refractivity contribution is 14.0. The summed E-state index contributed by atoms with van der Waals surface area (Å²) in [4.78, 5) is 4.61. The molecule has 0 saturated heterocycles. The highest BCUT2D eigenvalue weighted by Crippen LogP contribution is 2.29. The van der Waals surface area contributed by atoms with Crippen LogP contribution in [0, 0.1) is 0 Å². The molecule has 2 aromatic rings. The number of methoxy groups -OCH3 is 2. The zero-order valence-electron chi connectivity index (χ0n) is 16.0. The van der Waals surface area contributed by atoms with Crippen LogP contribution < -0.4 is 20.1 Å². The first-order valence-corrected chi connectivity index (χ1v) is 8.71. The van der Waals surface area contributed by atoms with Gasteiger partial charge in [0, 0.05) is 24.8 Å². The number of rotatable bonds is 8. The molecule has 0 unspecified atom stereocenters. The standard InChI is InChI=1S/C20H27N3O3.HI/c1-4-21-20(22-13-5-6-15-7-10-17(24)11-8-15)23-16-9-12-18(25-2)19(14-16)26-3;/h7-12,14,24H,4-6,13H2,1-3H3,(H2,21,22,23);1H. The number of hydrogen-bond donors (Lipinski definition) is 3. The van der Waals surface area contributed by atoms with Crippen LogP contribution in [0.1, 0.15) is 18.9 Å². The minimum Gasteiger partial charge on any atom is -0.508 e. The minimum absolute atomic E-state index is 0. The summed E-state index contributed by atoms with van der Waals surface area (Å²) in [6.45, 7) is 3.50. The Morgan fingerprint density at radius 2 is 1.74 bits per heavy atom. The summed E-state index contributed by atoms with van der Waals surface area (Å²) in [6, 6.07) is 12.9. The van der Waals surface area contributed by atoms with Gasteiger partial charge in [-0.05, 0) is 49.6 Å². The molecule has 0 aliphatic rings. The molecule has 0 aromatic heterocycles. The third-order valence-electron chi connectivity index (χ3n) is 3.82. The van der Waals surface area contributed by atoms with E-state index < -0.39 is 0 Å². The monoisotopic (exact) mass is 485 g/mol. The zero-order chi connectivity index (χ0) is 18.8. The van der Waals surface area contributed by atoms with Crippen LogP contribution in [-0.4, -0.2) is 38.4 Å². The molecule has 0 amide bonds. The first kappa shape index (κ1) is 22.9. The Kier molecular flexibility index (Phi) is 10.4. The van der Waals surface area contributed by atoms with Crippen LogP contribution in [0.15, 0.2) is 47.5 Å². The van der Waals surface area contributed by atoms with Gasteiger partial charge < -0.3 is 25.2 Å². The number of aliphatic imine (C=N–C) groups is 1. The van der Waals surface area contributed by atoms with Crippen molar-refractivity contribution >= 4 is 35.6 Å². The Bertz CT molecular complexity index is 721. The van der Waals surface area contributed by atoms with E-state index in [9.17, 15) is 5.11 Å². The molecule has 0 atom stereocenters. The molecule has 0 aliphatic carbocycles. The second-order valence-corrected chi connectivity index (χ2v) is 5.73. The summed E-state index contributed by atoms with van der Waals surface area (Å²) in [5.41, 5.74) is 2.07. The predicted octanol–water partition coefficient (Wildman–Crippen LogP) is 4.04. The lowest BCUT2D eigenvalue weighted by molar-refractivity contribution is 0.355. The van der Waals surface area contributed by atoms with Gasteiger partial charge in [-0.1, -0.05) is 12.1 Å². The van der Waals surface area contributed by atoms with Crippen molar-refractivity contribution in [3.05, 3.63) is 48.0 Å². The predicted molar refractivity (Wildman–Crippen MR) is 121 cm³/mol. The maximum absolute atomic E-state index is 9.32. The zero-order valence-corrected chi connectivity index (χ0v) is 18.3. The Balaban J connectivity index is 0.00000364. The molecule has 0 radical (unpaired) electrons. The quantitative estimate of drug-likeness (QED) is 0.228. The highest BCUT2D eigenvalue weighted by Gasteiger charge is 2.06. The lowest BCUT2D eigenvalue weighted by atomic mass is 10.1. The van der Waals surface area contributed by atoms with E-state index in [4.69, 9.17) is 9.47 Å². The summed E-state index contributed by atoms with van der Waals surface area (Å²) in [5.74, 6) is 2.38. The van der Waals surface area contributed by atoms with Crippen molar-refractivity contribution in [1.82, 2.24) is 5.32 Å². The highest BCUT2D eigenvalue weighted by atomic mass is 127. The Morgan fingerprint density at radius 3 is 2.37 bits per heavy atom. The minimum atomic E-state index is 0. The fourth-order valence-corrected chi connectivity index (χ4v) is 2.49. The van der Waals surface area contributed by atoms with Gasteiger partial charge in [0.05, 0.1) is 14.2 Å². The largest absolute Gasteiger partial charge is 0.508 e. The van der Waals surface area contributed by atoms with Gasteiger partial charge in [-0.3, -0.25) is 4.99 Å². The second kappa shape index (κ2) is 12.3. The molecule has 0 spiro atoms. The van der Waals surface area contributed by atoms with E-state index >= 15 is 0 Å². The van der Waals surface area contributed by atoms with Gasteiger partial charge in [-0.2, -0.15) is 0 Å². The fraction of sp³-hybridized carbons (Fsp3) is 0.350. The van der Waals surface area contributed by atoms with E-state index in [1.165, 1.54) is 5.56 Å². The number of phenolic OH excluding ortho intramolecular Hbond substituents is 1. The molecule has 0 fully saturated rings. The molecule has 0 saturated carbocycles. The number of ether oxygens (including phenoxy) is 2. The van der Waals surface area contributed by atoms with Crippen molar-refractivity contribution in [2.45, 2.75) is 19.8 Å². The van der Waals surface area contributed by atoms with E-state index in [0.29, 0.717) is 23.8 Å². The van der Waals surface area contributed by atoms with Crippen molar-refractivity contribution in [2.75, 3.05) is 32.6 Å². The average molecular weight is 485 g/mol. The molecule has 0 bridgehead atoms. The van der Waals surface area contributed by atoms with Crippen molar-refractivity contribution in [3.8, 4) is 17.2 Å². The van der Waals surface area contributed by atoms with Crippen LogP contribution in [0.4, 0.5) is 5.69 Å².